The highest BCUT2D eigenvalue weighted by Crippen LogP contribution is 2.28. The minimum atomic E-state index is 0.00410. The lowest BCUT2D eigenvalue weighted by atomic mass is 10.1. The van der Waals surface area contributed by atoms with Gasteiger partial charge in [0.05, 0.1) is 12.6 Å². The summed E-state index contributed by atoms with van der Waals surface area (Å²) >= 11 is 1.77. The van der Waals surface area contributed by atoms with Gasteiger partial charge >= 0.3 is 0 Å². The van der Waals surface area contributed by atoms with E-state index in [0.29, 0.717) is 6.54 Å². The number of aryl methyl sites for hydroxylation is 1. The van der Waals surface area contributed by atoms with E-state index >= 15 is 0 Å². The zero-order chi connectivity index (χ0) is 14.7. The second-order valence-corrected chi connectivity index (χ2v) is 7.07. The summed E-state index contributed by atoms with van der Waals surface area (Å²) in [4.78, 5) is 18.9. The Balaban J connectivity index is 2.03. The average Bonchev–Trinajstić information content (AvgIpc) is 3.00. The lowest BCUT2D eigenvalue weighted by molar-refractivity contribution is -0.131. The van der Waals surface area contributed by atoms with Crippen molar-refractivity contribution >= 4 is 17.2 Å². The molecule has 0 aliphatic carbocycles. The standard InChI is InChI=1S/C15H25N3OS/c1-11-6-7-13(20-11)15(12(2)16)17(3)10-14(19)18-8-4-5-9-18/h6-7,12,15H,4-5,8-10,16H2,1-3H3. The molecule has 1 aromatic rings. The number of thiophene rings is 1. The van der Waals surface area contributed by atoms with Gasteiger partial charge in [-0.3, -0.25) is 9.69 Å². The van der Waals surface area contributed by atoms with Gasteiger partial charge in [-0.25, -0.2) is 0 Å². The van der Waals surface area contributed by atoms with Crippen LogP contribution in [0.3, 0.4) is 0 Å². The number of nitrogens with two attached hydrogens (primary N) is 1. The zero-order valence-electron chi connectivity index (χ0n) is 12.6. The minimum Gasteiger partial charge on any atom is -0.342 e. The maximum absolute atomic E-state index is 12.3. The highest BCUT2D eigenvalue weighted by atomic mass is 32.1. The number of amides is 1. The molecule has 2 unspecified atom stereocenters. The molecule has 0 aromatic carbocycles. The highest BCUT2D eigenvalue weighted by Gasteiger charge is 2.26. The molecule has 1 aliphatic heterocycles. The molecule has 4 nitrogen and oxygen atoms in total. The van der Waals surface area contributed by atoms with Gasteiger partial charge < -0.3 is 10.6 Å². The van der Waals surface area contributed by atoms with Crippen molar-refractivity contribution in [1.29, 1.82) is 0 Å². The van der Waals surface area contributed by atoms with Crippen molar-refractivity contribution in [3.63, 3.8) is 0 Å². The molecule has 2 rings (SSSR count). The van der Waals surface area contributed by atoms with Crippen LogP contribution < -0.4 is 5.73 Å². The number of nitrogens with zero attached hydrogens (tertiary/aromatic N) is 2. The van der Waals surface area contributed by atoms with Gasteiger partial charge in [-0.05, 0) is 45.9 Å². The van der Waals surface area contributed by atoms with E-state index in [4.69, 9.17) is 5.73 Å². The number of rotatable bonds is 5. The van der Waals surface area contributed by atoms with Crippen LogP contribution >= 0.6 is 11.3 Å². The van der Waals surface area contributed by atoms with Crippen molar-refractivity contribution in [2.24, 2.45) is 5.73 Å². The van der Waals surface area contributed by atoms with Crippen molar-refractivity contribution in [2.75, 3.05) is 26.7 Å². The van der Waals surface area contributed by atoms with Gasteiger partial charge in [-0.15, -0.1) is 11.3 Å². The molecule has 1 saturated heterocycles. The lowest BCUT2D eigenvalue weighted by Crippen LogP contribution is -2.43. The summed E-state index contributed by atoms with van der Waals surface area (Å²) < 4.78 is 0. The third kappa shape index (κ3) is 3.59. The number of carbonyl (C=O) groups excluding carboxylic acids is 1. The topological polar surface area (TPSA) is 49.6 Å². The number of carbonyl (C=O) groups is 1. The van der Waals surface area contributed by atoms with E-state index in [-0.39, 0.29) is 18.0 Å². The van der Waals surface area contributed by atoms with Gasteiger partial charge in [-0.2, -0.15) is 0 Å². The Morgan fingerprint density at radius 2 is 2.10 bits per heavy atom. The summed E-state index contributed by atoms with van der Waals surface area (Å²) in [5.74, 6) is 0.226. The largest absolute Gasteiger partial charge is 0.342 e. The molecule has 1 fully saturated rings. The first-order valence-electron chi connectivity index (χ1n) is 7.29. The second kappa shape index (κ2) is 6.70. The van der Waals surface area contributed by atoms with E-state index in [2.05, 4.69) is 24.0 Å². The summed E-state index contributed by atoms with van der Waals surface area (Å²) in [6, 6.07) is 4.36. The first-order valence-corrected chi connectivity index (χ1v) is 8.10. The van der Waals surface area contributed by atoms with Crippen LogP contribution in [0.4, 0.5) is 0 Å². The van der Waals surface area contributed by atoms with Crippen LogP contribution in [0, 0.1) is 6.92 Å². The fourth-order valence-electron chi connectivity index (χ4n) is 2.87. The number of hydrogen-bond acceptors (Lipinski definition) is 4. The van der Waals surface area contributed by atoms with Gasteiger partial charge in [0.25, 0.3) is 0 Å². The van der Waals surface area contributed by atoms with E-state index in [1.54, 1.807) is 11.3 Å². The van der Waals surface area contributed by atoms with Gasteiger partial charge in [-0.1, -0.05) is 0 Å². The summed E-state index contributed by atoms with van der Waals surface area (Å²) in [6.45, 7) is 6.38. The Hall–Kier alpha value is -0.910. The monoisotopic (exact) mass is 295 g/mol. The van der Waals surface area contributed by atoms with Crippen LogP contribution in [0.15, 0.2) is 12.1 Å². The molecule has 5 heteroatoms. The molecule has 1 aromatic heterocycles. The fraction of sp³-hybridized carbons (Fsp3) is 0.667. The summed E-state index contributed by atoms with van der Waals surface area (Å²) in [5.41, 5.74) is 6.15. The molecular formula is C15H25N3OS. The van der Waals surface area contributed by atoms with Crippen molar-refractivity contribution < 1.29 is 4.79 Å². The van der Waals surface area contributed by atoms with Crippen LogP contribution in [-0.2, 0) is 4.79 Å². The van der Waals surface area contributed by atoms with Crippen LogP contribution in [-0.4, -0.2) is 48.4 Å². The fourth-order valence-corrected chi connectivity index (χ4v) is 4.03. The molecule has 112 valence electrons. The molecule has 1 aliphatic rings. The second-order valence-electron chi connectivity index (χ2n) is 5.76. The molecular weight excluding hydrogens is 270 g/mol. The predicted molar refractivity (Wildman–Crippen MR) is 83.9 cm³/mol. The molecule has 0 spiro atoms. The number of hydrogen-bond donors (Lipinski definition) is 1. The smallest absolute Gasteiger partial charge is 0.236 e. The van der Waals surface area contributed by atoms with Gasteiger partial charge in [0.1, 0.15) is 0 Å². The quantitative estimate of drug-likeness (QED) is 0.904. The Morgan fingerprint density at radius 1 is 1.45 bits per heavy atom. The van der Waals surface area contributed by atoms with Crippen molar-refractivity contribution in [3.05, 3.63) is 21.9 Å². The number of likely N-dealkylation sites (tertiary alicyclic amines) is 1. The lowest BCUT2D eigenvalue weighted by Gasteiger charge is -2.31. The maximum atomic E-state index is 12.3. The van der Waals surface area contributed by atoms with Gasteiger partial charge in [0.2, 0.25) is 5.91 Å². The molecule has 0 saturated carbocycles. The van der Waals surface area contributed by atoms with Crippen molar-refractivity contribution in [3.8, 4) is 0 Å². The van der Waals surface area contributed by atoms with E-state index in [1.807, 2.05) is 18.9 Å². The summed E-state index contributed by atoms with van der Waals surface area (Å²) in [5, 5.41) is 0. The highest BCUT2D eigenvalue weighted by molar-refractivity contribution is 7.12. The van der Waals surface area contributed by atoms with E-state index in [9.17, 15) is 4.79 Å². The molecule has 1 amide bonds. The number of likely N-dealkylation sites (N-methyl/N-ethyl adjacent to an activating group) is 1. The SMILES string of the molecule is Cc1ccc(C(C(C)N)N(C)CC(=O)N2CCCC2)s1. The normalized spacial score (nSPS) is 18.6. The molecule has 0 bridgehead atoms. The predicted octanol–water partition coefficient (Wildman–Crippen LogP) is 2.00. The Kier molecular flexibility index (Phi) is 5.18. The average molecular weight is 295 g/mol. The van der Waals surface area contributed by atoms with Crippen LogP contribution in [0.25, 0.3) is 0 Å². The Bertz CT molecular complexity index is 452. The minimum absolute atomic E-state index is 0.00410. The van der Waals surface area contributed by atoms with E-state index in [1.165, 1.54) is 9.75 Å². The van der Waals surface area contributed by atoms with E-state index < -0.39 is 0 Å². The Morgan fingerprint density at radius 3 is 2.60 bits per heavy atom. The van der Waals surface area contributed by atoms with Crippen molar-refractivity contribution in [1.82, 2.24) is 9.80 Å². The molecule has 2 N–H and O–H groups in total. The van der Waals surface area contributed by atoms with Crippen LogP contribution in [0.5, 0.6) is 0 Å². The summed E-state index contributed by atoms with van der Waals surface area (Å²) in [6.07, 6.45) is 2.27. The molecule has 2 heterocycles. The van der Waals surface area contributed by atoms with Crippen molar-refractivity contribution in [2.45, 2.75) is 38.8 Å². The van der Waals surface area contributed by atoms with Crippen LogP contribution in [0.1, 0.15) is 35.6 Å². The van der Waals surface area contributed by atoms with Crippen LogP contribution in [0.2, 0.25) is 0 Å². The zero-order valence-corrected chi connectivity index (χ0v) is 13.4. The molecule has 2 atom stereocenters. The Labute approximate surface area is 125 Å². The van der Waals surface area contributed by atoms with E-state index in [0.717, 1.165) is 25.9 Å². The van der Waals surface area contributed by atoms with Gasteiger partial charge in [0, 0.05) is 28.9 Å². The van der Waals surface area contributed by atoms with Gasteiger partial charge in [0.15, 0.2) is 0 Å². The maximum Gasteiger partial charge on any atom is 0.236 e. The first kappa shape index (κ1) is 15.5. The molecule has 0 radical (unpaired) electrons. The summed E-state index contributed by atoms with van der Waals surface area (Å²) in [7, 11) is 2.00. The third-order valence-corrected chi connectivity index (χ3v) is 4.94. The third-order valence-electron chi connectivity index (χ3n) is 3.87. The molecule has 20 heavy (non-hydrogen) atoms. The first-order chi connectivity index (χ1) is 9.49.